The number of hydrogen-bond donors (Lipinski definition) is 1. The molecule has 0 bridgehead atoms. The zero-order valence-corrected chi connectivity index (χ0v) is 20.1. The van der Waals surface area contributed by atoms with E-state index in [0.29, 0.717) is 19.1 Å². The van der Waals surface area contributed by atoms with Gasteiger partial charge in [-0.1, -0.05) is 19.0 Å². The summed E-state index contributed by atoms with van der Waals surface area (Å²) >= 11 is 0. The van der Waals surface area contributed by atoms with Crippen molar-refractivity contribution in [2.45, 2.75) is 52.2 Å². The minimum atomic E-state index is -0.00180. The summed E-state index contributed by atoms with van der Waals surface area (Å²) in [4.78, 5) is 7.03. The van der Waals surface area contributed by atoms with Crippen LogP contribution in [-0.4, -0.2) is 52.0 Å². The lowest BCUT2D eigenvalue weighted by atomic mass is 9.99. The molecule has 1 N–H and O–H groups in total. The van der Waals surface area contributed by atoms with E-state index in [1.54, 1.807) is 4.68 Å². The number of rotatable bonds is 7. The molecule has 29 heavy (non-hydrogen) atoms. The van der Waals surface area contributed by atoms with Crippen LogP contribution in [0.1, 0.15) is 62.7 Å². The standard InChI is InChI=1S/C20H32N6O2.HI/c1-5-15(6-2)18-10-17(28-24-18)12-22-20(21-7-3)26-8-9-27-19(14-26)16-11-23-25(4)13-16;/h10-11,13,15,19H,5-9,12,14H2,1-4H3,(H,21,22);1H. The first-order chi connectivity index (χ1) is 13.6. The summed E-state index contributed by atoms with van der Waals surface area (Å²) in [6, 6.07) is 2.04. The molecule has 3 heterocycles. The van der Waals surface area contributed by atoms with Gasteiger partial charge in [-0.3, -0.25) is 4.68 Å². The van der Waals surface area contributed by atoms with Crippen LogP contribution in [0.15, 0.2) is 28.0 Å². The number of guanidine groups is 1. The van der Waals surface area contributed by atoms with E-state index in [-0.39, 0.29) is 30.1 Å². The predicted octanol–water partition coefficient (Wildman–Crippen LogP) is 3.47. The van der Waals surface area contributed by atoms with Crippen molar-refractivity contribution in [1.82, 2.24) is 25.2 Å². The summed E-state index contributed by atoms with van der Waals surface area (Å²) in [6.45, 7) is 9.93. The summed E-state index contributed by atoms with van der Waals surface area (Å²) in [5.74, 6) is 2.13. The van der Waals surface area contributed by atoms with Crippen LogP contribution < -0.4 is 5.32 Å². The zero-order chi connectivity index (χ0) is 19.9. The minimum absolute atomic E-state index is 0. The molecular weight excluding hydrogens is 483 g/mol. The van der Waals surface area contributed by atoms with Crippen molar-refractivity contribution in [1.29, 1.82) is 0 Å². The smallest absolute Gasteiger partial charge is 0.194 e. The lowest BCUT2D eigenvalue weighted by Gasteiger charge is -2.34. The van der Waals surface area contributed by atoms with Crippen molar-refractivity contribution < 1.29 is 9.26 Å². The average Bonchev–Trinajstić information content (AvgIpc) is 3.36. The molecule has 2 aromatic heterocycles. The van der Waals surface area contributed by atoms with Crippen molar-refractivity contribution in [3.05, 3.63) is 35.5 Å². The van der Waals surface area contributed by atoms with Gasteiger partial charge in [0.05, 0.1) is 25.0 Å². The van der Waals surface area contributed by atoms with E-state index in [9.17, 15) is 0 Å². The van der Waals surface area contributed by atoms with E-state index < -0.39 is 0 Å². The molecule has 0 saturated carbocycles. The number of ether oxygens (including phenoxy) is 1. The summed E-state index contributed by atoms with van der Waals surface area (Å²) < 4.78 is 13.3. The van der Waals surface area contributed by atoms with E-state index in [1.807, 2.05) is 25.5 Å². The monoisotopic (exact) mass is 516 g/mol. The van der Waals surface area contributed by atoms with Gasteiger partial charge < -0.3 is 19.5 Å². The summed E-state index contributed by atoms with van der Waals surface area (Å²) in [5, 5.41) is 11.9. The van der Waals surface area contributed by atoms with Gasteiger partial charge >= 0.3 is 0 Å². The number of morpholine rings is 1. The first-order valence-corrected chi connectivity index (χ1v) is 10.2. The Hall–Kier alpha value is -1.62. The zero-order valence-electron chi connectivity index (χ0n) is 17.8. The van der Waals surface area contributed by atoms with Crippen LogP contribution >= 0.6 is 24.0 Å². The number of nitrogens with one attached hydrogen (secondary N) is 1. The highest BCUT2D eigenvalue weighted by Gasteiger charge is 2.25. The molecule has 2 aromatic rings. The van der Waals surface area contributed by atoms with Gasteiger partial charge in [0, 0.05) is 43.9 Å². The number of hydrogen-bond acceptors (Lipinski definition) is 5. The second-order valence-corrected chi connectivity index (χ2v) is 7.15. The molecular formula is C20H33IN6O2. The van der Waals surface area contributed by atoms with E-state index >= 15 is 0 Å². The topological polar surface area (TPSA) is 80.7 Å². The molecule has 0 aromatic carbocycles. The maximum atomic E-state index is 5.95. The fourth-order valence-electron chi connectivity index (χ4n) is 3.53. The van der Waals surface area contributed by atoms with Gasteiger partial charge in [-0.25, -0.2) is 4.99 Å². The molecule has 1 aliphatic heterocycles. The third-order valence-corrected chi connectivity index (χ3v) is 5.16. The van der Waals surface area contributed by atoms with Crippen LogP contribution in [0, 0.1) is 0 Å². The van der Waals surface area contributed by atoms with Crippen molar-refractivity contribution in [2.75, 3.05) is 26.2 Å². The summed E-state index contributed by atoms with van der Waals surface area (Å²) in [5.41, 5.74) is 2.12. The van der Waals surface area contributed by atoms with Gasteiger partial charge in [0.2, 0.25) is 0 Å². The lowest BCUT2D eigenvalue weighted by molar-refractivity contribution is -0.00806. The quantitative estimate of drug-likeness (QED) is 0.345. The highest BCUT2D eigenvalue weighted by molar-refractivity contribution is 14.0. The molecule has 0 aliphatic carbocycles. The normalized spacial score (nSPS) is 17.5. The molecule has 1 unspecified atom stereocenters. The van der Waals surface area contributed by atoms with Gasteiger partial charge in [0.25, 0.3) is 0 Å². The SMILES string of the molecule is CCNC(=NCc1cc(C(CC)CC)no1)N1CCOC(c2cnn(C)c2)C1.I. The number of aryl methyl sites for hydroxylation is 1. The van der Waals surface area contributed by atoms with E-state index in [0.717, 1.165) is 55.5 Å². The molecule has 1 atom stereocenters. The molecule has 162 valence electrons. The Morgan fingerprint density at radius 1 is 1.34 bits per heavy atom. The molecule has 1 fully saturated rings. The number of halogens is 1. The Morgan fingerprint density at radius 3 is 2.79 bits per heavy atom. The second-order valence-electron chi connectivity index (χ2n) is 7.15. The first-order valence-electron chi connectivity index (χ1n) is 10.2. The van der Waals surface area contributed by atoms with Crippen molar-refractivity contribution >= 4 is 29.9 Å². The fraction of sp³-hybridized carbons (Fsp3) is 0.650. The van der Waals surface area contributed by atoms with Crippen LogP contribution in [0.25, 0.3) is 0 Å². The van der Waals surface area contributed by atoms with Crippen LogP contribution in [0.5, 0.6) is 0 Å². The number of aliphatic imine (C=N–C) groups is 1. The number of aromatic nitrogens is 3. The first kappa shape index (κ1) is 23.7. The second kappa shape index (κ2) is 11.5. The molecule has 0 spiro atoms. The third kappa shape index (κ3) is 6.18. The van der Waals surface area contributed by atoms with Gasteiger partial charge in [0.15, 0.2) is 11.7 Å². The lowest BCUT2D eigenvalue weighted by Crippen LogP contribution is -2.48. The van der Waals surface area contributed by atoms with Crippen LogP contribution in [0.4, 0.5) is 0 Å². The fourth-order valence-corrected chi connectivity index (χ4v) is 3.53. The number of nitrogens with zero attached hydrogens (tertiary/aromatic N) is 5. The maximum Gasteiger partial charge on any atom is 0.194 e. The van der Waals surface area contributed by atoms with E-state index in [4.69, 9.17) is 14.3 Å². The molecule has 0 radical (unpaired) electrons. The van der Waals surface area contributed by atoms with Crippen LogP contribution in [-0.2, 0) is 18.3 Å². The maximum absolute atomic E-state index is 5.95. The van der Waals surface area contributed by atoms with Crippen LogP contribution in [0.3, 0.4) is 0 Å². The Balaban J connectivity index is 0.00000300. The summed E-state index contributed by atoms with van der Waals surface area (Å²) in [6.07, 6.45) is 6.01. The Bertz CT molecular complexity index is 771. The van der Waals surface area contributed by atoms with Gasteiger partial charge in [-0.2, -0.15) is 5.10 Å². The van der Waals surface area contributed by atoms with Gasteiger partial charge in [0.1, 0.15) is 12.6 Å². The Labute approximate surface area is 190 Å². The van der Waals surface area contributed by atoms with Crippen molar-refractivity contribution in [2.24, 2.45) is 12.0 Å². The molecule has 0 amide bonds. The van der Waals surface area contributed by atoms with Gasteiger partial charge in [-0.05, 0) is 19.8 Å². The molecule has 9 heteroatoms. The van der Waals surface area contributed by atoms with Gasteiger partial charge in [-0.15, -0.1) is 24.0 Å². The summed E-state index contributed by atoms with van der Waals surface area (Å²) in [7, 11) is 1.92. The average molecular weight is 516 g/mol. The van der Waals surface area contributed by atoms with E-state index in [2.05, 4.69) is 41.2 Å². The van der Waals surface area contributed by atoms with Crippen molar-refractivity contribution in [3.8, 4) is 0 Å². The third-order valence-electron chi connectivity index (χ3n) is 5.16. The van der Waals surface area contributed by atoms with Crippen LogP contribution in [0.2, 0.25) is 0 Å². The molecule has 1 aliphatic rings. The Morgan fingerprint density at radius 2 is 2.14 bits per heavy atom. The molecule has 1 saturated heterocycles. The Kier molecular flexibility index (Phi) is 9.41. The predicted molar refractivity (Wildman–Crippen MR) is 124 cm³/mol. The van der Waals surface area contributed by atoms with E-state index in [1.165, 1.54) is 0 Å². The van der Waals surface area contributed by atoms with Crippen molar-refractivity contribution in [3.63, 3.8) is 0 Å². The highest BCUT2D eigenvalue weighted by Crippen LogP contribution is 2.23. The molecule has 8 nitrogen and oxygen atoms in total. The highest BCUT2D eigenvalue weighted by atomic mass is 127. The molecule has 3 rings (SSSR count). The minimum Gasteiger partial charge on any atom is -0.370 e. The largest absolute Gasteiger partial charge is 0.370 e.